The highest BCUT2D eigenvalue weighted by atomic mass is 31.2. The van der Waals surface area contributed by atoms with E-state index in [1.807, 2.05) is 89.6 Å². The molecule has 0 saturated carbocycles. The van der Waals surface area contributed by atoms with Gasteiger partial charge >= 0.3 is 7.67 Å². The van der Waals surface area contributed by atoms with Crippen LogP contribution in [0.3, 0.4) is 0 Å². The van der Waals surface area contributed by atoms with E-state index in [-0.39, 0.29) is 0 Å². The van der Waals surface area contributed by atoms with Crippen LogP contribution in [0.1, 0.15) is 16.7 Å². The Morgan fingerprint density at radius 2 is 1.20 bits per heavy atom. The summed E-state index contributed by atoms with van der Waals surface area (Å²) in [6.45, 7) is 0.424. The van der Waals surface area contributed by atoms with Crippen molar-refractivity contribution in [3.63, 3.8) is 0 Å². The first-order valence-corrected chi connectivity index (χ1v) is 15.1. The van der Waals surface area contributed by atoms with E-state index >= 15 is 4.57 Å². The minimum atomic E-state index is -3.65. The van der Waals surface area contributed by atoms with Crippen LogP contribution in [0.15, 0.2) is 157 Å². The van der Waals surface area contributed by atoms with E-state index in [9.17, 15) is 0 Å². The highest BCUT2D eigenvalue weighted by Gasteiger charge is 2.37. The van der Waals surface area contributed by atoms with Gasteiger partial charge in [-0.15, -0.1) is 0 Å². The summed E-state index contributed by atoms with van der Waals surface area (Å²) in [5, 5.41) is 5.71. The Kier molecular flexibility index (Phi) is 7.52. The molecule has 5 aromatic carbocycles. The highest BCUT2D eigenvalue weighted by molar-refractivity contribution is 7.55. The standard InChI is InChI=1S/C35H31N2O2P/c38-40(39-35-18-8-3-9-19-35)36-33(25-28-12-4-1-5-13-28)22-23-34(26-29-14-6-2-7-15-29)37(40)27-30-20-21-31-16-10-11-17-32(31)24-30/h1-24H,25-27H2,(H,36,38). The molecule has 0 amide bonds. The number of nitrogens with zero attached hydrogens (tertiary/aromatic N) is 1. The van der Waals surface area contributed by atoms with Crippen LogP contribution >= 0.6 is 7.67 Å². The predicted molar refractivity (Wildman–Crippen MR) is 164 cm³/mol. The summed E-state index contributed by atoms with van der Waals surface area (Å²) in [5.74, 6) is 0.557. The first-order valence-electron chi connectivity index (χ1n) is 13.5. The lowest BCUT2D eigenvalue weighted by Gasteiger charge is -2.34. The second-order valence-electron chi connectivity index (χ2n) is 9.95. The molecule has 0 aliphatic carbocycles. The molecule has 1 N–H and O–H groups in total. The maximum atomic E-state index is 15.1. The van der Waals surface area contributed by atoms with E-state index in [1.165, 1.54) is 5.39 Å². The third-order valence-electron chi connectivity index (χ3n) is 7.00. The molecule has 5 aromatic rings. The predicted octanol–water partition coefficient (Wildman–Crippen LogP) is 8.69. The van der Waals surface area contributed by atoms with Gasteiger partial charge in [0.05, 0.1) is 6.54 Å². The fourth-order valence-electron chi connectivity index (χ4n) is 5.00. The van der Waals surface area contributed by atoms with Gasteiger partial charge in [0.2, 0.25) is 0 Å². The molecule has 0 radical (unpaired) electrons. The third kappa shape index (κ3) is 6.03. The Bertz CT molecular complexity index is 1700. The molecule has 1 aliphatic heterocycles. The molecule has 40 heavy (non-hydrogen) atoms. The molecule has 0 bridgehead atoms. The maximum absolute atomic E-state index is 15.1. The second-order valence-corrected chi connectivity index (χ2v) is 11.9. The zero-order valence-electron chi connectivity index (χ0n) is 22.2. The minimum Gasteiger partial charge on any atom is -0.414 e. The third-order valence-corrected chi connectivity index (χ3v) is 9.06. The number of benzene rings is 5. The molecule has 0 fully saturated rings. The summed E-state index contributed by atoms with van der Waals surface area (Å²) in [6, 6.07) is 44.6. The van der Waals surface area contributed by atoms with Gasteiger partial charge in [0.1, 0.15) is 5.75 Å². The molecule has 0 saturated heterocycles. The number of para-hydroxylation sites is 1. The van der Waals surface area contributed by atoms with Crippen molar-refractivity contribution in [2.45, 2.75) is 19.4 Å². The van der Waals surface area contributed by atoms with Gasteiger partial charge in [0, 0.05) is 24.2 Å². The molecular weight excluding hydrogens is 511 g/mol. The Labute approximate surface area is 235 Å². The van der Waals surface area contributed by atoms with Gasteiger partial charge < -0.3 is 4.52 Å². The van der Waals surface area contributed by atoms with Gasteiger partial charge in [-0.25, -0.2) is 4.57 Å². The molecule has 0 aromatic heterocycles. The SMILES string of the molecule is O=P1(Oc2ccccc2)NC(Cc2ccccc2)=CC=C(Cc2ccccc2)N1Cc1ccc2ccccc2c1. The molecular formula is C35H31N2O2P. The van der Waals surface area contributed by atoms with Crippen molar-refractivity contribution < 1.29 is 9.09 Å². The molecule has 0 spiro atoms. The summed E-state index contributed by atoms with van der Waals surface area (Å²) >= 11 is 0. The Morgan fingerprint density at radius 3 is 1.90 bits per heavy atom. The van der Waals surface area contributed by atoms with Crippen molar-refractivity contribution in [1.82, 2.24) is 9.76 Å². The average molecular weight is 543 g/mol. The quantitative estimate of drug-likeness (QED) is 0.199. The molecule has 1 heterocycles. The molecule has 5 heteroatoms. The summed E-state index contributed by atoms with van der Waals surface area (Å²) in [6.07, 6.45) is 5.37. The molecule has 1 unspecified atom stereocenters. The van der Waals surface area contributed by atoms with Crippen molar-refractivity contribution in [2.24, 2.45) is 0 Å². The molecule has 6 rings (SSSR count). The topological polar surface area (TPSA) is 41.6 Å². The van der Waals surface area contributed by atoms with Gasteiger partial charge in [0.25, 0.3) is 0 Å². The van der Waals surface area contributed by atoms with Gasteiger partial charge in [-0.3, -0.25) is 9.76 Å². The number of allylic oxidation sites excluding steroid dienone is 4. The van der Waals surface area contributed by atoms with Gasteiger partial charge in [0.15, 0.2) is 0 Å². The highest BCUT2D eigenvalue weighted by Crippen LogP contribution is 2.52. The number of hydrogen-bond acceptors (Lipinski definition) is 2. The van der Waals surface area contributed by atoms with Gasteiger partial charge in [-0.05, 0) is 57.8 Å². The first kappa shape index (κ1) is 25.7. The fourth-order valence-corrected chi connectivity index (χ4v) is 7.02. The summed E-state index contributed by atoms with van der Waals surface area (Å²) in [5.41, 5.74) is 5.10. The van der Waals surface area contributed by atoms with Crippen molar-refractivity contribution in [1.29, 1.82) is 0 Å². The van der Waals surface area contributed by atoms with Crippen LogP contribution in [0.5, 0.6) is 5.75 Å². The van der Waals surface area contributed by atoms with Crippen molar-refractivity contribution in [3.8, 4) is 5.75 Å². The monoisotopic (exact) mass is 542 g/mol. The van der Waals surface area contributed by atoms with Crippen LogP contribution in [0.4, 0.5) is 0 Å². The largest absolute Gasteiger partial charge is 0.446 e. The van der Waals surface area contributed by atoms with E-state index in [1.54, 1.807) is 0 Å². The normalized spacial score (nSPS) is 16.9. The van der Waals surface area contributed by atoms with Gasteiger partial charge in [-0.1, -0.05) is 115 Å². The minimum absolute atomic E-state index is 0.424. The van der Waals surface area contributed by atoms with E-state index in [0.717, 1.165) is 33.5 Å². The van der Waals surface area contributed by atoms with Gasteiger partial charge in [-0.2, -0.15) is 0 Å². The zero-order valence-corrected chi connectivity index (χ0v) is 23.1. The number of hydrogen-bond donors (Lipinski definition) is 1. The maximum Gasteiger partial charge on any atom is 0.446 e. The number of rotatable bonds is 8. The first-order chi connectivity index (χ1) is 19.6. The van der Waals surface area contributed by atoms with Crippen molar-refractivity contribution >= 4 is 18.4 Å². The summed E-state index contributed by atoms with van der Waals surface area (Å²) < 4.78 is 23.5. The Hall–Kier alpha value is -4.53. The van der Waals surface area contributed by atoms with Crippen LogP contribution in [0.2, 0.25) is 0 Å². The average Bonchev–Trinajstić information content (AvgIpc) is 3.10. The number of nitrogens with one attached hydrogen (secondary N) is 1. The fraction of sp³-hybridized carbons (Fsp3) is 0.0857. The zero-order chi connectivity index (χ0) is 27.2. The van der Waals surface area contributed by atoms with E-state index in [4.69, 9.17) is 4.52 Å². The number of fused-ring (bicyclic) bond motifs is 1. The molecule has 1 atom stereocenters. The molecule has 1 aliphatic rings. The van der Waals surface area contributed by atoms with Crippen molar-refractivity contribution in [2.75, 3.05) is 0 Å². The molecule has 198 valence electrons. The Balaban J connectivity index is 1.43. The Morgan fingerprint density at radius 1 is 0.600 bits per heavy atom. The van der Waals surface area contributed by atoms with Crippen molar-refractivity contribution in [3.05, 3.63) is 174 Å². The van der Waals surface area contributed by atoms with Crippen LogP contribution in [0, 0.1) is 0 Å². The lowest BCUT2D eigenvalue weighted by molar-refractivity contribution is 0.376. The van der Waals surface area contributed by atoms with E-state index < -0.39 is 7.67 Å². The molecule has 4 nitrogen and oxygen atoms in total. The van der Waals surface area contributed by atoms with E-state index in [0.29, 0.717) is 25.1 Å². The van der Waals surface area contributed by atoms with Crippen LogP contribution in [-0.2, 0) is 24.0 Å². The van der Waals surface area contributed by atoms with Crippen LogP contribution < -0.4 is 9.61 Å². The second kappa shape index (κ2) is 11.7. The van der Waals surface area contributed by atoms with Crippen LogP contribution in [0.25, 0.3) is 10.8 Å². The lowest BCUT2D eigenvalue weighted by atomic mass is 10.1. The summed E-state index contributed by atoms with van der Waals surface area (Å²) in [7, 11) is -3.65. The van der Waals surface area contributed by atoms with E-state index in [2.05, 4.69) is 65.8 Å². The summed E-state index contributed by atoms with van der Waals surface area (Å²) in [4.78, 5) is 0. The smallest absolute Gasteiger partial charge is 0.414 e. The van der Waals surface area contributed by atoms with Crippen LogP contribution in [-0.4, -0.2) is 4.67 Å². The lowest BCUT2D eigenvalue weighted by Crippen LogP contribution is -2.30.